The Morgan fingerprint density at radius 3 is 1.83 bits per heavy atom. The molecule has 1 radical (unpaired) electrons. The van der Waals surface area contributed by atoms with Crippen molar-refractivity contribution in [3.63, 3.8) is 0 Å². The minimum absolute atomic E-state index is 0.324. The summed E-state index contributed by atoms with van der Waals surface area (Å²) in [7, 11) is 3.24. The maximum atomic E-state index is 9.88. The van der Waals surface area contributed by atoms with E-state index in [9.17, 15) is 5.11 Å². The molecule has 0 fully saturated rings. The van der Waals surface area contributed by atoms with Crippen molar-refractivity contribution in [2.24, 2.45) is 0 Å². The molecule has 2 nitrogen and oxygen atoms in total. The zero-order valence-corrected chi connectivity index (χ0v) is 4.58. The van der Waals surface area contributed by atoms with E-state index in [4.69, 9.17) is 0 Å². The molecule has 0 N–H and O–H groups in total. The lowest BCUT2D eigenvalue weighted by Crippen LogP contribution is -2.16. The Kier molecular flexibility index (Phi) is 1.87. The molecule has 3 heteroatoms. The summed E-state index contributed by atoms with van der Waals surface area (Å²) in [6, 6.07) is 0. The van der Waals surface area contributed by atoms with Gasteiger partial charge in [0.05, 0.1) is 0 Å². The summed E-state index contributed by atoms with van der Waals surface area (Å²) >= 11 is 4.19. The van der Waals surface area contributed by atoms with Gasteiger partial charge in [0.15, 0.2) is 0 Å². The van der Waals surface area contributed by atoms with Gasteiger partial charge < -0.3 is 4.90 Å². The van der Waals surface area contributed by atoms with Crippen LogP contribution in [-0.4, -0.2) is 24.2 Å². The monoisotopic (exact) mass is 104 g/mol. The Labute approximate surface area is 42.4 Å². The van der Waals surface area contributed by atoms with Crippen LogP contribution in [0.4, 0.5) is 0 Å². The maximum absolute atomic E-state index is 9.88. The lowest BCUT2D eigenvalue weighted by molar-refractivity contribution is 0.357. The fourth-order valence-corrected chi connectivity index (χ4v) is 0. The van der Waals surface area contributed by atoms with Crippen molar-refractivity contribution in [1.82, 2.24) is 4.90 Å². The number of nitrogens with zero attached hydrogens (tertiary/aromatic N) is 1. The molecule has 0 aromatic heterocycles. The number of rotatable bonds is 0. The van der Waals surface area contributed by atoms with Crippen molar-refractivity contribution in [2.75, 3.05) is 14.1 Å². The standard InChI is InChI=1S/C3H6NOS/c1-4(2)3(5)6/h1-2H3. The second kappa shape index (κ2) is 1.97. The summed E-state index contributed by atoms with van der Waals surface area (Å²) in [5.74, 6) is 0. The fraction of sp³-hybridized carbons (Fsp3) is 0.667. The number of hydrogen-bond acceptors (Lipinski definition) is 1. The topological polar surface area (TPSA) is 23.1 Å². The van der Waals surface area contributed by atoms with Crippen LogP contribution in [0.25, 0.3) is 0 Å². The Morgan fingerprint density at radius 1 is 1.67 bits per heavy atom. The summed E-state index contributed by atoms with van der Waals surface area (Å²) in [4.78, 5) is 1.34. The van der Waals surface area contributed by atoms with Crippen LogP contribution < -0.4 is 0 Å². The zero-order chi connectivity index (χ0) is 5.15. The van der Waals surface area contributed by atoms with E-state index in [-0.39, 0.29) is 5.17 Å². The first-order chi connectivity index (χ1) is 2.64. The molecule has 0 amide bonds. The molecule has 0 atom stereocenters. The van der Waals surface area contributed by atoms with Gasteiger partial charge >= 0.3 is 5.17 Å². The maximum Gasteiger partial charge on any atom is 0.312 e. The smallest absolute Gasteiger partial charge is 0.312 e. The Bertz CT molecular complexity index is 61.8. The molecular formula is C3H6NOS. The molecule has 0 aromatic rings. The van der Waals surface area contributed by atoms with Crippen LogP contribution in [0, 0.1) is 0 Å². The largest absolute Gasteiger partial charge is 0.336 e. The van der Waals surface area contributed by atoms with Gasteiger partial charge in [0, 0.05) is 14.1 Å². The third-order valence-corrected chi connectivity index (χ3v) is 0.730. The predicted molar refractivity (Wildman–Crippen MR) is 27.0 cm³/mol. The first-order valence-corrected chi connectivity index (χ1v) is 1.93. The second-order valence-corrected chi connectivity index (χ2v) is 1.51. The molecule has 0 aliphatic heterocycles. The summed E-state index contributed by atoms with van der Waals surface area (Å²) in [6.07, 6.45) is 0. The van der Waals surface area contributed by atoms with Gasteiger partial charge in [-0.2, -0.15) is 0 Å². The average Bonchev–Trinajstić information content (AvgIpc) is 1.36. The van der Waals surface area contributed by atoms with Crippen LogP contribution in [0.2, 0.25) is 0 Å². The Balaban J connectivity index is 3.26. The molecule has 0 saturated carbocycles. The van der Waals surface area contributed by atoms with Crippen LogP contribution >= 0.6 is 12.2 Å². The quantitative estimate of drug-likeness (QED) is 0.411. The minimum Gasteiger partial charge on any atom is -0.336 e. The molecular weight excluding hydrogens is 98.1 g/mol. The van der Waals surface area contributed by atoms with E-state index in [1.807, 2.05) is 0 Å². The van der Waals surface area contributed by atoms with Gasteiger partial charge in [-0.3, -0.25) is 5.11 Å². The van der Waals surface area contributed by atoms with Gasteiger partial charge in [0.2, 0.25) is 0 Å². The first kappa shape index (κ1) is 5.69. The number of hydrogen-bond donors (Lipinski definition) is 0. The molecule has 35 valence electrons. The van der Waals surface area contributed by atoms with E-state index >= 15 is 0 Å². The third-order valence-electron chi connectivity index (χ3n) is 0.365. The highest BCUT2D eigenvalue weighted by atomic mass is 32.1. The predicted octanol–water partition coefficient (Wildman–Crippen LogP) is 0.263. The molecule has 0 bridgehead atoms. The highest BCUT2D eigenvalue weighted by molar-refractivity contribution is 7.79. The molecule has 0 unspecified atom stereocenters. The van der Waals surface area contributed by atoms with Crippen LogP contribution in [0.15, 0.2) is 0 Å². The molecule has 0 rings (SSSR count). The van der Waals surface area contributed by atoms with Crippen LogP contribution in [0.1, 0.15) is 0 Å². The highest BCUT2D eigenvalue weighted by Crippen LogP contribution is 1.73. The molecule has 0 aromatic carbocycles. The highest BCUT2D eigenvalue weighted by Gasteiger charge is 1.90. The lowest BCUT2D eigenvalue weighted by atomic mass is 10.9. The average molecular weight is 104 g/mol. The van der Waals surface area contributed by atoms with E-state index in [1.165, 1.54) is 4.90 Å². The van der Waals surface area contributed by atoms with Gasteiger partial charge in [-0.15, -0.1) is 0 Å². The normalized spacial score (nSPS) is 7.67. The first-order valence-electron chi connectivity index (χ1n) is 1.53. The minimum atomic E-state index is -0.324. The van der Waals surface area contributed by atoms with E-state index in [0.717, 1.165) is 0 Å². The van der Waals surface area contributed by atoms with E-state index in [2.05, 4.69) is 12.2 Å². The Hall–Kier alpha value is -0.310. The van der Waals surface area contributed by atoms with Crippen LogP contribution in [0.5, 0.6) is 0 Å². The van der Waals surface area contributed by atoms with Gasteiger partial charge in [-0.25, -0.2) is 0 Å². The van der Waals surface area contributed by atoms with E-state index in [0.29, 0.717) is 0 Å². The molecule has 0 aliphatic rings. The molecule has 0 heterocycles. The zero-order valence-electron chi connectivity index (χ0n) is 3.76. The number of thiocarbonyl (C=S) groups is 1. The van der Waals surface area contributed by atoms with Gasteiger partial charge in [-0.05, 0) is 12.2 Å². The molecule has 0 spiro atoms. The van der Waals surface area contributed by atoms with Crippen LogP contribution in [-0.2, 0) is 5.11 Å². The summed E-state index contributed by atoms with van der Waals surface area (Å²) in [5.41, 5.74) is 0. The van der Waals surface area contributed by atoms with Crippen LogP contribution in [0.3, 0.4) is 0 Å². The molecule has 0 aliphatic carbocycles. The van der Waals surface area contributed by atoms with Gasteiger partial charge in [-0.1, -0.05) is 0 Å². The van der Waals surface area contributed by atoms with Crippen molar-refractivity contribution in [3.8, 4) is 0 Å². The SMILES string of the molecule is CN(C)C([O])=S. The fourth-order valence-electron chi connectivity index (χ4n) is 0. The summed E-state index contributed by atoms with van der Waals surface area (Å²) in [5, 5.41) is 9.56. The van der Waals surface area contributed by atoms with Crippen molar-refractivity contribution in [1.29, 1.82) is 0 Å². The lowest BCUT2D eigenvalue weighted by Gasteiger charge is -2.00. The molecule has 6 heavy (non-hydrogen) atoms. The van der Waals surface area contributed by atoms with Gasteiger partial charge in [0.25, 0.3) is 0 Å². The van der Waals surface area contributed by atoms with Crippen molar-refractivity contribution in [3.05, 3.63) is 0 Å². The van der Waals surface area contributed by atoms with E-state index < -0.39 is 0 Å². The third kappa shape index (κ3) is 1.96. The molecule has 0 saturated heterocycles. The summed E-state index contributed by atoms with van der Waals surface area (Å²) in [6.45, 7) is 0. The van der Waals surface area contributed by atoms with E-state index in [1.54, 1.807) is 14.1 Å². The van der Waals surface area contributed by atoms with Crippen molar-refractivity contribution in [2.45, 2.75) is 0 Å². The van der Waals surface area contributed by atoms with Gasteiger partial charge in [0.1, 0.15) is 0 Å². The van der Waals surface area contributed by atoms with Crippen molar-refractivity contribution < 1.29 is 5.11 Å². The van der Waals surface area contributed by atoms with Crippen molar-refractivity contribution >= 4 is 17.4 Å². The Morgan fingerprint density at radius 2 is 1.83 bits per heavy atom. The summed E-state index contributed by atoms with van der Waals surface area (Å²) < 4.78 is 0. The second-order valence-electron chi connectivity index (χ2n) is 1.16.